The Hall–Kier alpha value is -0.510. The molecule has 0 aliphatic carbocycles. The summed E-state index contributed by atoms with van der Waals surface area (Å²) in [5, 5.41) is 0.150. The van der Waals surface area contributed by atoms with Crippen molar-refractivity contribution in [1.82, 2.24) is 4.72 Å². The smallest absolute Gasteiger partial charge is 0.261 e. The van der Waals surface area contributed by atoms with E-state index in [2.05, 4.69) is 9.46 Å². The number of nitrogens with one attached hydrogen (secondary N) is 1. The van der Waals surface area contributed by atoms with Gasteiger partial charge in [-0.05, 0) is 17.7 Å². The van der Waals surface area contributed by atoms with E-state index in [0.29, 0.717) is 5.56 Å². The summed E-state index contributed by atoms with van der Waals surface area (Å²) in [7, 11) is -3.94. The normalized spacial score (nSPS) is 12.1. The van der Waals surface area contributed by atoms with Gasteiger partial charge in [0.15, 0.2) is 0 Å². The summed E-state index contributed by atoms with van der Waals surface area (Å²) in [5.41, 5.74) is 5.84. The molecule has 5 nitrogen and oxygen atoms in total. The van der Waals surface area contributed by atoms with Crippen LogP contribution in [-0.2, 0) is 21.3 Å². The predicted molar refractivity (Wildman–Crippen MR) is 76.4 cm³/mol. The van der Waals surface area contributed by atoms with Gasteiger partial charge in [-0.3, -0.25) is 0 Å². The van der Waals surface area contributed by atoms with Crippen LogP contribution >= 0.6 is 23.2 Å². The van der Waals surface area contributed by atoms with Crippen LogP contribution in [0.2, 0.25) is 10.0 Å². The minimum atomic E-state index is -3.94. The van der Waals surface area contributed by atoms with Crippen LogP contribution in [0.3, 0.4) is 0 Å². The van der Waals surface area contributed by atoms with Gasteiger partial charge in [0.25, 0.3) is 6.43 Å². The molecule has 0 aliphatic rings. The lowest BCUT2D eigenvalue weighted by Gasteiger charge is -2.11. The molecule has 3 N–H and O–H groups in total. The van der Waals surface area contributed by atoms with Gasteiger partial charge in [0, 0.05) is 18.1 Å². The van der Waals surface area contributed by atoms with Crippen LogP contribution < -0.4 is 10.5 Å². The van der Waals surface area contributed by atoms with Crippen LogP contribution in [0, 0.1) is 0 Å². The van der Waals surface area contributed by atoms with E-state index in [1.807, 2.05) is 0 Å². The molecule has 0 saturated carbocycles. The Labute approximate surface area is 131 Å². The van der Waals surface area contributed by atoms with Gasteiger partial charge >= 0.3 is 0 Å². The molecular weight excluding hydrogens is 349 g/mol. The van der Waals surface area contributed by atoms with Gasteiger partial charge in [-0.15, -0.1) is 0 Å². The van der Waals surface area contributed by atoms with Crippen LogP contribution in [0.15, 0.2) is 17.0 Å². The van der Waals surface area contributed by atoms with Crippen molar-refractivity contribution in [3.05, 3.63) is 27.7 Å². The number of ether oxygens (including phenoxy) is 1. The second-order valence-corrected chi connectivity index (χ2v) is 6.49. The van der Waals surface area contributed by atoms with Crippen LogP contribution in [-0.4, -0.2) is 34.6 Å². The molecule has 0 bridgehead atoms. The molecule has 1 aromatic rings. The Morgan fingerprint density at radius 2 is 2.00 bits per heavy atom. The first-order valence-electron chi connectivity index (χ1n) is 5.81. The number of benzene rings is 1. The highest BCUT2D eigenvalue weighted by Crippen LogP contribution is 2.29. The van der Waals surface area contributed by atoms with E-state index in [9.17, 15) is 17.2 Å². The zero-order valence-corrected chi connectivity index (χ0v) is 13.1. The Bertz CT molecular complexity index is 585. The summed E-state index contributed by atoms with van der Waals surface area (Å²) in [6, 6.07) is 2.65. The second kappa shape index (κ2) is 8.21. The lowest BCUT2D eigenvalue weighted by molar-refractivity contribution is 0.0199. The molecule has 0 amide bonds. The molecule has 1 aromatic carbocycles. The van der Waals surface area contributed by atoms with Crippen molar-refractivity contribution >= 4 is 33.2 Å². The number of hydrogen-bond donors (Lipinski definition) is 2. The number of sulfonamides is 1. The summed E-state index contributed by atoms with van der Waals surface area (Å²) in [4.78, 5) is -0.217. The molecule has 0 fully saturated rings. The third-order valence-corrected chi connectivity index (χ3v) is 4.63. The first kappa shape index (κ1) is 18.5. The quantitative estimate of drug-likeness (QED) is 0.693. The van der Waals surface area contributed by atoms with Crippen molar-refractivity contribution in [2.24, 2.45) is 5.73 Å². The van der Waals surface area contributed by atoms with E-state index >= 15 is 0 Å². The third-order valence-electron chi connectivity index (χ3n) is 2.37. The van der Waals surface area contributed by atoms with Crippen molar-refractivity contribution < 1.29 is 21.9 Å². The molecule has 0 saturated heterocycles. The zero-order chi connectivity index (χ0) is 16.0. The van der Waals surface area contributed by atoms with E-state index in [1.165, 1.54) is 12.1 Å². The van der Waals surface area contributed by atoms with Crippen LogP contribution in [0.1, 0.15) is 5.56 Å². The van der Waals surface area contributed by atoms with E-state index < -0.39 is 23.1 Å². The minimum absolute atomic E-state index is 0.0251. The van der Waals surface area contributed by atoms with Gasteiger partial charge in [0.05, 0.1) is 11.6 Å². The average molecular weight is 363 g/mol. The highest BCUT2D eigenvalue weighted by molar-refractivity contribution is 7.89. The number of hydrogen-bond acceptors (Lipinski definition) is 4. The Morgan fingerprint density at radius 1 is 1.33 bits per heavy atom. The van der Waals surface area contributed by atoms with Crippen molar-refractivity contribution in [1.29, 1.82) is 0 Å². The number of alkyl halides is 2. The first-order valence-corrected chi connectivity index (χ1v) is 8.05. The molecule has 21 heavy (non-hydrogen) atoms. The molecule has 0 unspecified atom stereocenters. The standard InChI is InChI=1S/C11H14Cl2F2N2O3S/c12-8-3-7(5-16)11(13)9(4-8)21(18,19)17-1-2-20-6-10(14)15/h3-4,10,17H,1-2,5-6,16H2. The van der Waals surface area contributed by atoms with Crippen molar-refractivity contribution in [2.75, 3.05) is 19.8 Å². The number of halogens is 4. The predicted octanol–water partition coefficient (Wildman–Crippen LogP) is 2.01. The molecule has 0 heterocycles. The summed E-state index contributed by atoms with van der Waals surface area (Å²) < 4.78 is 54.6. The highest BCUT2D eigenvalue weighted by atomic mass is 35.5. The van der Waals surface area contributed by atoms with Gasteiger partial charge in [0.2, 0.25) is 10.0 Å². The second-order valence-electron chi connectivity index (χ2n) is 3.94. The van der Waals surface area contributed by atoms with Gasteiger partial charge in [-0.25, -0.2) is 21.9 Å². The monoisotopic (exact) mass is 362 g/mol. The molecule has 0 atom stereocenters. The SMILES string of the molecule is NCc1cc(Cl)cc(S(=O)(=O)NCCOCC(F)F)c1Cl. The van der Waals surface area contributed by atoms with Crippen molar-refractivity contribution in [2.45, 2.75) is 17.9 Å². The van der Waals surface area contributed by atoms with E-state index in [4.69, 9.17) is 28.9 Å². The van der Waals surface area contributed by atoms with Gasteiger partial charge < -0.3 is 10.5 Å². The Morgan fingerprint density at radius 3 is 2.57 bits per heavy atom. The molecule has 0 radical (unpaired) electrons. The molecular formula is C11H14Cl2F2N2O3S. The third kappa shape index (κ3) is 5.65. The maximum absolute atomic E-state index is 12.1. The lowest BCUT2D eigenvalue weighted by Crippen LogP contribution is -2.28. The van der Waals surface area contributed by atoms with Gasteiger partial charge in [-0.1, -0.05) is 23.2 Å². The summed E-state index contributed by atoms with van der Waals surface area (Å²) >= 11 is 11.8. The maximum Gasteiger partial charge on any atom is 0.261 e. The van der Waals surface area contributed by atoms with E-state index in [1.54, 1.807) is 0 Å². The Kier molecular flexibility index (Phi) is 7.25. The van der Waals surface area contributed by atoms with Gasteiger partial charge in [0.1, 0.15) is 11.5 Å². The maximum atomic E-state index is 12.1. The average Bonchev–Trinajstić information content (AvgIpc) is 2.40. The lowest BCUT2D eigenvalue weighted by atomic mass is 10.2. The van der Waals surface area contributed by atoms with Crippen molar-refractivity contribution in [3.8, 4) is 0 Å². The zero-order valence-electron chi connectivity index (χ0n) is 10.8. The fourth-order valence-corrected chi connectivity index (χ4v) is 3.41. The minimum Gasteiger partial charge on any atom is -0.374 e. The largest absolute Gasteiger partial charge is 0.374 e. The topological polar surface area (TPSA) is 81.4 Å². The van der Waals surface area contributed by atoms with E-state index in [-0.39, 0.29) is 34.6 Å². The number of nitrogens with two attached hydrogens (primary N) is 1. The molecule has 0 aliphatic heterocycles. The molecule has 1 rings (SSSR count). The summed E-state index contributed by atoms with van der Waals surface area (Å²) in [5.74, 6) is 0. The molecule has 10 heteroatoms. The number of rotatable bonds is 8. The Balaban J connectivity index is 2.77. The van der Waals surface area contributed by atoms with Crippen LogP contribution in [0.5, 0.6) is 0 Å². The molecule has 0 aromatic heterocycles. The summed E-state index contributed by atoms with van der Waals surface area (Å²) in [6.45, 7) is -1.09. The fraction of sp³-hybridized carbons (Fsp3) is 0.455. The molecule has 0 spiro atoms. The fourth-order valence-electron chi connectivity index (χ4n) is 1.46. The summed E-state index contributed by atoms with van der Waals surface area (Å²) in [6.07, 6.45) is -2.60. The van der Waals surface area contributed by atoms with Gasteiger partial charge in [-0.2, -0.15) is 0 Å². The first-order chi connectivity index (χ1) is 9.77. The van der Waals surface area contributed by atoms with E-state index in [0.717, 1.165) is 0 Å². The molecule has 120 valence electrons. The van der Waals surface area contributed by atoms with Crippen LogP contribution in [0.25, 0.3) is 0 Å². The highest BCUT2D eigenvalue weighted by Gasteiger charge is 2.20. The van der Waals surface area contributed by atoms with Crippen LogP contribution in [0.4, 0.5) is 8.78 Å². The van der Waals surface area contributed by atoms with Crippen molar-refractivity contribution in [3.63, 3.8) is 0 Å².